The van der Waals surface area contributed by atoms with Crippen molar-refractivity contribution in [1.82, 2.24) is 34.7 Å². The molecule has 1 fully saturated rings. The van der Waals surface area contributed by atoms with Crippen LogP contribution in [-0.2, 0) is 6.61 Å². The first-order valence-corrected chi connectivity index (χ1v) is 12.0. The van der Waals surface area contributed by atoms with Gasteiger partial charge in [0.25, 0.3) is 0 Å². The van der Waals surface area contributed by atoms with E-state index in [1.54, 1.807) is 24.0 Å². The number of aromatic nitrogens is 6. The first kappa shape index (κ1) is 23.4. The van der Waals surface area contributed by atoms with Gasteiger partial charge in [-0.1, -0.05) is 0 Å². The standard InChI is InChI=1S/C26H24N8O4/c1-37-18-3-4-19-21(12-18)27-10-8-22(19)38-15-25-31-30-24-7-5-20(32-34(24)25)16-2-6-23(28-13-16)29-17-9-11-33(14-17)26(35)36/h2-8,10,12-13,17H,9,11,14-15H2,1H3,(H,28,29)(H,35,36). The van der Waals surface area contributed by atoms with Crippen LogP contribution < -0.4 is 14.8 Å². The van der Waals surface area contributed by atoms with Gasteiger partial charge in [-0.2, -0.15) is 9.61 Å². The quantitative estimate of drug-likeness (QED) is 0.333. The van der Waals surface area contributed by atoms with Crippen molar-refractivity contribution in [2.45, 2.75) is 19.1 Å². The first-order chi connectivity index (χ1) is 18.6. The molecule has 1 unspecified atom stereocenters. The van der Waals surface area contributed by atoms with Gasteiger partial charge in [-0.15, -0.1) is 10.2 Å². The molecule has 5 aromatic rings. The zero-order chi connectivity index (χ0) is 26.1. The number of ether oxygens (including phenoxy) is 2. The van der Waals surface area contributed by atoms with Gasteiger partial charge in [0, 0.05) is 48.5 Å². The molecule has 4 aromatic heterocycles. The third-order valence-electron chi connectivity index (χ3n) is 6.46. The topological polar surface area (TPSA) is 140 Å². The number of methoxy groups -OCH3 is 1. The summed E-state index contributed by atoms with van der Waals surface area (Å²) in [6, 6.07) is 15.0. The van der Waals surface area contributed by atoms with Crippen molar-refractivity contribution in [3.8, 4) is 22.8 Å². The van der Waals surface area contributed by atoms with Gasteiger partial charge in [0.2, 0.25) is 0 Å². The average molecular weight is 513 g/mol. The van der Waals surface area contributed by atoms with Crippen LogP contribution in [0.3, 0.4) is 0 Å². The monoisotopic (exact) mass is 512 g/mol. The van der Waals surface area contributed by atoms with Crippen LogP contribution in [0.5, 0.6) is 11.5 Å². The minimum absolute atomic E-state index is 0.0399. The first-order valence-electron chi connectivity index (χ1n) is 12.0. The zero-order valence-corrected chi connectivity index (χ0v) is 20.5. The predicted octanol–water partition coefficient (Wildman–Crippen LogP) is 3.49. The molecule has 0 aliphatic carbocycles. The van der Waals surface area contributed by atoms with Crippen LogP contribution in [-0.4, -0.2) is 72.1 Å². The lowest BCUT2D eigenvalue weighted by molar-refractivity contribution is 0.155. The minimum atomic E-state index is -0.896. The summed E-state index contributed by atoms with van der Waals surface area (Å²) in [5.74, 6) is 2.64. The normalized spacial score (nSPS) is 15.2. The number of fused-ring (bicyclic) bond motifs is 2. The van der Waals surface area contributed by atoms with Crippen LogP contribution in [0.2, 0.25) is 0 Å². The summed E-state index contributed by atoms with van der Waals surface area (Å²) in [6.07, 6.45) is 3.27. The Morgan fingerprint density at radius 1 is 1.13 bits per heavy atom. The lowest BCUT2D eigenvalue weighted by Crippen LogP contribution is -2.30. The molecule has 6 rings (SSSR count). The molecular formula is C26H24N8O4. The van der Waals surface area contributed by atoms with Gasteiger partial charge in [-0.3, -0.25) is 4.98 Å². The van der Waals surface area contributed by atoms with Crippen molar-refractivity contribution < 1.29 is 19.4 Å². The summed E-state index contributed by atoms with van der Waals surface area (Å²) in [7, 11) is 1.62. The Balaban J connectivity index is 1.18. The van der Waals surface area contributed by atoms with E-state index in [1.807, 2.05) is 48.5 Å². The Morgan fingerprint density at radius 2 is 2.05 bits per heavy atom. The van der Waals surface area contributed by atoms with Gasteiger partial charge in [-0.05, 0) is 48.9 Å². The SMILES string of the molecule is COc1ccc2c(OCc3nnc4ccc(-c5ccc(NC6CCN(C(=O)O)C6)nc5)nn34)ccnc2c1. The molecule has 1 aliphatic heterocycles. The van der Waals surface area contributed by atoms with E-state index in [2.05, 4.69) is 25.5 Å². The van der Waals surface area contributed by atoms with E-state index < -0.39 is 6.09 Å². The molecule has 0 radical (unpaired) electrons. The smallest absolute Gasteiger partial charge is 0.407 e. The Bertz CT molecular complexity index is 1620. The number of amides is 1. The molecular weight excluding hydrogens is 488 g/mol. The van der Waals surface area contributed by atoms with Crippen LogP contribution in [0.15, 0.2) is 60.9 Å². The predicted molar refractivity (Wildman–Crippen MR) is 138 cm³/mol. The van der Waals surface area contributed by atoms with Gasteiger partial charge >= 0.3 is 6.09 Å². The highest BCUT2D eigenvalue weighted by Crippen LogP contribution is 2.28. The molecule has 1 atom stereocenters. The van der Waals surface area contributed by atoms with Gasteiger partial charge in [0.1, 0.15) is 23.9 Å². The summed E-state index contributed by atoms with van der Waals surface area (Å²) in [6.45, 7) is 1.13. The van der Waals surface area contributed by atoms with Crippen LogP contribution >= 0.6 is 0 Å². The van der Waals surface area contributed by atoms with Crippen LogP contribution in [0.4, 0.5) is 10.6 Å². The van der Waals surface area contributed by atoms with Gasteiger partial charge in [-0.25, -0.2) is 9.78 Å². The molecule has 192 valence electrons. The van der Waals surface area contributed by atoms with E-state index in [4.69, 9.17) is 19.7 Å². The Labute approximate surface area is 216 Å². The molecule has 12 heteroatoms. The van der Waals surface area contributed by atoms with E-state index >= 15 is 0 Å². The number of likely N-dealkylation sites (tertiary alicyclic amines) is 1. The number of hydrogen-bond donors (Lipinski definition) is 2. The van der Waals surface area contributed by atoms with E-state index in [1.165, 1.54) is 4.90 Å². The zero-order valence-electron chi connectivity index (χ0n) is 20.5. The van der Waals surface area contributed by atoms with Crippen molar-refractivity contribution in [2.75, 3.05) is 25.5 Å². The van der Waals surface area contributed by atoms with Crippen LogP contribution in [0.1, 0.15) is 12.2 Å². The lowest BCUT2D eigenvalue weighted by Gasteiger charge is -2.14. The number of rotatable bonds is 7. The van der Waals surface area contributed by atoms with Crippen molar-refractivity contribution in [3.63, 3.8) is 0 Å². The molecule has 0 spiro atoms. The third-order valence-corrected chi connectivity index (χ3v) is 6.46. The largest absolute Gasteiger partial charge is 0.497 e. The fraction of sp³-hybridized carbons (Fsp3) is 0.231. The van der Waals surface area contributed by atoms with Gasteiger partial charge in [0.15, 0.2) is 11.5 Å². The fourth-order valence-electron chi connectivity index (χ4n) is 4.47. The minimum Gasteiger partial charge on any atom is -0.497 e. The van der Waals surface area contributed by atoms with E-state index in [0.29, 0.717) is 41.8 Å². The molecule has 1 aliphatic rings. The number of hydrogen-bond acceptors (Lipinski definition) is 9. The molecule has 1 saturated heterocycles. The maximum Gasteiger partial charge on any atom is 0.407 e. The van der Waals surface area contributed by atoms with Crippen LogP contribution in [0.25, 0.3) is 27.8 Å². The fourth-order valence-corrected chi connectivity index (χ4v) is 4.47. The maximum absolute atomic E-state index is 11.1. The Hall–Kier alpha value is -5.00. The van der Waals surface area contributed by atoms with Crippen molar-refractivity contribution in [2.24, 2.45) is 0 Å². The molecule has 38 heavy (non-hydrogen) atoms. The number of pyridine rings is 2. The summed E-state index contributed by atoms with van der Waals surface area (Å²) in [5.41, 5.74) is 2.90. The maximum atomic E-state index is 11.1. The molecule has 0 bridgehead atoms. The number of nitrogens with one attached hydrogen (secondary N) is 1. The summed E-state index contributed by atoms with van der Waals surface area (Å²) in [4.78, 5) is 21.4. The summed E-state index contributed by atoms with van der Waals surface area (Å²) >= 11 is 0. The third kappa shape index (κ3) is 4.59. The highest BCUT2D eigenvalue weighted by atomic mass is 16.5. The summed E-state index contributed by atoms with van der Waals surface area (Å²) < 4.78 is 13.0. The average Bonchev–Trinajstić information content (AvgIpc) is 3.59. The van der Waals surface area contributed by atoms with Crippen molar-refractivity contribution in [3.05, 3.63) is 66.7 Å². The van der Waals surface area contributed by atoms with Crippen LogP contribution in [0, 0.1) is 0 Å². The summed E-state index contributed by atoms with van der Waals surface area (Å²) in [5, 5.41) is 26.5. The molecule has 1 aromatic carbocycles. The number of carboxylic acid groups (broad SMARTS) is 1. The molecule has 0 saturated carbocycles. The molecule has 2 N–H and O–H groups in total. The van der Waals surface area contributed by atoms with Crippen molar-refractivity contribution in [1.29, 1.82) is 0 Å². The molecule has 5 heterocycles. The Kier molecular flexibility index (Phi) is 6.04. The number of anilines is 1. The van der Waals surface area contributed by atoms with E-state index in [-0.39, 0.29) is 12.6 Å². The van der Waals surface area contributed by atoms with E-state index in [9.17, 15) is 4.79 Å². The number of benzene rings is 1. The Morgan fingerprint density at radius 3 is 2.84 bits per heavy atom. The second kappa shape index (κ2) is 9.81. The van der Waals surface area contributed by atoms with Gasteiger partial charge < -0.3 is 24.8 Å². The molecule has 12 nitrogen and oxygen atoms in total. The number of nitrogens with zero attached hydrogens (tertiary/aromatic N) is 7. The van der Waals surface area contributed by atoms with E-state index in [0.717, 1.165) is 28.6 Å². The second-order valence-electron chi connectivity index (χ2n) is 8.88. The van der Waals surface area contributed by atoms with Gasteiger partial charge in [0.05, 0.1) is 18.3 Å². The second-order valence-corrected chi connectivity index (χ2v) is 8.88. The molecule has 1 amide bonds. The highest BCUT2D eigenvalue weighted by Gasteiger charge is 2.25. The number of carbonyl (C=O) groups is 1. The van der Waals surface area contributed by atoms with Crippen molar-refractivity contribution >= 4 is 28.5 Å². The highest BCUT2D eigenvalue weighted by molar-refractivity contribution is 5.86. The lowest BCUT2D eigenvalue weighted by atomic mass is 10.2.